The summed E-state index contributed by atoms with van der Waals surface area (Å²) < 4.78 is 0. The van der Waals surface area contributed by atoms with Gasteiger partial charge in [-0.1, -0.05) is 35.9 Å². The van der Waals surface area contributed by atoms with Gasteiger partial charge in [0.2, 0.25) is 5.56 Å². The molecule has 1 atom stereocenters. The molecule has 3 aromatic rings. The van der Waals surface area contributed by atoms with E-state index in [1.54, 1.807) is 42.5 Å². The van der Waals surface area contributed by atoms with Gasteiger partial charge in [-0.15, -0.1) is 0 Å². The Bertz CT molecular complexity index is 1040. The highest BCUT2D eigenvalue weighted by molar-refractivity contribution is 6.31. The van der Waals surface area contributed by atoms with Crippen LogP contribution in [0.3, 0.4) is 0 Å². The molecule has 7 heteroatoms. The number of aliphatic carboxylic acids is 1. The Hall–Kier alpha value is -3.12. The van der Waals surface area contributed by atoms with E-state index in [1.807, 2.05) is 0 Å². The molecule has 0 radical (unpaired) electrons. The standard InChI is InChI=1S/C19H15ClN2O4/c20-13-5-3-4-11(8-13)18(24)22-16(19(25)26)9-12-10-17(23)21-15-7-2-1-6-14(12)15/h1-8,10,16H,9H2,(H,21,23)(H,22,24)(H,25,26). The van der Waals surface area contributed by atoms with E-state index in [4.69, 9.17) is 11.6 Å². The molecule has 0 saturated carbocycles. The topological polar surface area (TPSA) is 99.3 Å². The average molecular weight is 371 g/mol. The van der Waals surface area contributed by atoms with Crippen LogP contribution < -0.4 is 10.9 Å². The number of amides is 1. The molecule has 0 aliphatic heterocycles. The van der Waals surface area contributed by atoms with Crippen molar-refractivity contribution in [2.75, 3.05) is 0 Å². The monoisotopic (exact) mass is 370 g/mol. The van der Waals surface area contributed by atoms with Gasteiger partial charge >= 0.3 is 5.97 Å². The van der Waals surface area contributed by atoms with E-state index in [2.05, 4.69) is 10.3 Å². The number of hydrogen-bond donors (Lipinski definition) is 3. The maximum absolute atomic E-state index is 12.3. The van der Waals surface area contributed by atoms with Gasteiger partial charge in [-0.25, -0.2) is 4.79 Å². The van der Waals surface area contributed by atoms with Crippen molar-refractivity contribution in [2.45, 2.75) is 12.5 Å². The highest BCUT2D eigenvalue weighted by Gasteiger charge is 2.22. The number of halogens is 1. The van der Waals surface area contributed by atoms with E-state index in [9.17, 15) is 19.5 Å². The molecular formula is C19H15ClN2O4. The molecule has 6 nitrogen and oxygen atoms in total. The van der Waals surface area contributed by atoms with Crippen molar-refractivity contribution in [2.24, 2.45) is 0 Å². The fourth-order valence-corrected chi connectivity index (χ4v) is 2.93. The quantitative estimate of drug-likeness (QED) is 0.642. The van der Waals surface area contributed by atoms with Crippen molar-refractivity contribution in [1.82, 2.24) is 10.3 Å². The molecule has 132 valence electrons. The maximum atomic E-state index is 12.3. The van der Waals surface area contributed by atoms with E-state index in [1.165, 1.54) is 12.1 Å². The summed E-state index contributed by atoms with van der Waals surface area (Å²) in [6, 6.07) is 13.5. The molecular weight excluding hydrogens is 356 g/mol. The number of pyridine rings is 1. The minimum absolute atomic E-state index is 0.0218. The highest BCUT2D eigenvalue weighted by Crippen LogP contribution is 2.17. The van der Waals surface area contributed by atoms with Crippen LogP contribution in [0, 0.1) is 0 Å². The zero-order chi connectivity index (χ0) is 18.7. The molecule has 2 aromatic carbocycles. The number of nitrogens with one attached hydrogen (secondary N) is 2. The summed E-state index contributed by atoms with van der Waals surface area (Å²) in [5.74, 6) is -1.74. The number of rotatable bonds is 5. The van der Waals surface area contributed by atoms with Crippen LogP contribution in [0.1, 0.15) is 15.9 Å². The summed E-state index contributed by atoms with van der Waals surface area (Å²) in [4.78, 5) is 38.5. The summed E-state index contributed by atoms with van der Waals surface area (Å²) in [5, 5.41) is 13.1. The molecule has 1 heterocycles. The number of carboxylic acids is 1. The van der Waals surface area contributed by atoms with Gasteiger partial charge in [-0.3, -0.25) is 9.59 Å². The van der Waals surface area contributed by atoms with Crippen LogP contribution in [-0.2, 0) is 11.2 Å². The normalized spacial score (nSPS) is 11.9. The first-order chi connectivity index (χ1) is 12.4. The van der Waals surface area contributed by atoms with Gasteiger partial charge in [0.25, 0.3) is 5.91 Å². The molecule has 0 aliphatic rings. The summed E-state index contributed by atoms with van der Waals surface area (Å²) in [6.07, 6.45) is -0.0218. The molecule has 0 spiro atoms. The lowest BCUT2D eigenvalue weighted by Gasteiger charge is -2.16. The third-order valence-corrected chi connectivity index (χ3v) is 4.19. The van der Waals surface area contributed by atoms with Gasteiger partial charge < -0.3 is 15.4 Å². The lowest BCUT2D eigenvalue weighted by Crippen LogP contribution is -2.42. The van der Waals surface area contributed by atoms with E-state index in [-0.39, 0.29) is 17.5 Å². The fourth-order valence-electron chi connectivity index (χ4n) is 2.74. The average Bonchev–Trinajstić information content (AvgIpc) is 2.60. The minimum Gasteiger partial charge on any atom is -0.480 e. The molecule has 26 heavy (non-hydrogen) atoms. The summed E-state index contributed by atoms with van der Waals surface area (Å²) >= 11 is 5.87. The summed E-state index contributed by atoms with van der Waals surface area (Å²) in [7, 11) is 0. The van der Waals surface area contributed by atoms with Crippen LogP contribution in [-0.4, -0.2) is 28.0 Å². The molecule has 0 saturated heterocycles. The van der Waals surface area contributed by atoms with Crippen molar-refractivity contribution >= 4 is 34.4 Å². The van der Waals surface area contributed by atoms with Crippen molar-refractivity contribution in [3.63, 3.8) is 0 Å². The Morgan fingerprint density at radius 2 is 1.88 bits per heavy atom. The third-order valence-electron chi connectivity index (χ3n) is 3.95. The number of H-pyrrole nitrogens is 1. The lowest BCUT2D eigenvalue weighted by atomic mass is 10.0. The van der Waals surface area contributed by atoms with Gasteiger partial charge in [0, 0.05) is 34.0 Å². The zero-order valence-electron chi connectivity index (χ0n) is 13.5. The van der Waals surface area contributed by atoms with Crippen LogP contribution in [0.15, 0.2) is 59.4 Å². The third kappa shape index (κ3) is 3.92. The van der Waals surface area contributed by atoms with Crippen LogP contribution in [0.25, 0.3) is 10.9 Å². The number of hydrogen-bond acceptors (Lipinski definition) is 3. The predicted molar refractivity (Wildman–Crippen MR) is 98.6 cm³/mol. The van der Waals surface area contributed by atoms with E-state index < -0.39 is 17.9 Å². The number of carbonyl (C=O) groups excluding carboxylic acids is 1. The Morgan fingerprint density at radius 1 is 1.12 bits per heavy atom. The Balaban J connectivity index is 1.89. The Morgan fingerprint density at radius 3 is 2.62 bits per heavy atom. The van der Waals surface area contributed by atoms with E-state index in [0.717, 1.165) is 5.39 Å². The van der Waals surface area contributed by atoms with Gasteiger partial charge in [-0.2, -0.15) is 0 Å². The maximum Gasteiger partial charge on any atom is 0.326 e. The van der Waals surface area contributed by atoms with Crippen molar-refractivity contribution in [3.05, 3.63) is 81.1 Å². The number of para-hydroxylation sites is 1. The summed E-state index contributed by atoms with van der Waals surface area (Å²) in [6.45, 7) is 0. The first-order valence-corrected chi connectivity index (χ1v) is 8.22. The molecule has 0 bridgehead atoms. The molecule has 0 fully saturated rings. The number of aromatic nitrogens is 1. The van der Waals surface area contributed by atoms with Crippen LogP contribution in [0.2, 0.25) is 5.02 Å². The Kier molecular flexibility index (Phi) is 5.04. The van der Waals surface area contributed by atoms with Crippen molar-refractivity contribution < 1.29 is 14.7 Å². The van der Waals surface area contributed by atoms with Crippen molar-refractivity contribution in [1.29, 1.82) is 0 Å². The molecule has 3 N–H and O–H groups in total. The van der Waals surface area contributed by atoms with Gasteiger partial charge in [-0.05, 0) is 29.8 Å². The number of carboxylic acid groups (broad SMARTS) is 1. The van der Waals surface area contributed by atoms with Crippen molar-refractivity contribution in [3.8, 4) is 0 Å². The minimum atomic E-state index is -1.19. The molecule has 3 rings (SSSR count). The van der Waals surface area contributed by atoms with Crippen LogP contribution in [0.5, 0.6) is 0 Å². The Labute approximate surface area is 153 Å². The first-order valence-electron chi connectivity index (χ1n) is 7.84. The predicted octanol–water partition coefficient (Wildman–Crippen LogP) is 2.61. The van der Waals surface area contributed by atoms with E-state index >= 15 is 0 Å². The molecule has 1 amide bonds. The first kappa shape index (κ1) is 17.7. The number of aromatic amines is 1. The van der Waals surface area contributed by atoms with E-state index in [0.29, 0.717) is 16.1 Å². The second-order valence-electron chi connectivity index (χ2n) is 5.78. The number of benzene rings is 2. The zero-order valence-corrected chi connectivity index (χ0v) is 14.3. The smallest absolute Gasteiger partial charge is 0.326 e. The van der Waals surface area contributed by atoms with Gasteiger partial charge in [0.1, 0.15) is 6.04 Å². The van der Waals surface area contributed by atoms with Crippen LogP contribution >= 0.6 is 11.6 Å². The largest absolute Gasteiger partial charge is 0.480 e. The molecule has 1 aromatic heterocycles. The van der Waals surface area contributed by atoms with Gasteiger partial charge in [0.15, 0.2) is 0 Å². The number of fused-ring (bicyclic) bond motifs is 1. The number of carbonyl (C=O) groups is 2. The second kappa shape index (κ2) is 7.41. The lowest BCUT2D eigenvalue weighted by molar-refractivity contribution is -0.139. The van der Waals surface area contributed by atoms with Gasteiger partial charge in [0.05, 0.1) is 0 Å². The molecule has 0 aliphatic carbocycles. The molecule has 1 unspecified atom stereocenters. The summed E-state index contributed by atoms with van der Waals surface area (Å²) in [5.41, 5.74) is 1.09. The van der Waals surface area contributed by atoms with Crippen LogP contribution in [0.4, 0.5) is 0 Å². The fraction of sp³-hybridized carbons (Fsp3) is 0.105. The highest BCUT2D eigenvalue weighted by atomic mass is 35.5. The SMILES string of the molecule is O=C(NC(Cc1cc(=O)[nH]c2ccccc12)C(=O)O)c1cccc(Cl)c1. The second-order valence-corrected chi connectivity index (χ2v) is 6.22.